The fourth-order valence-electron chi connectivity index (χ4n) is 1.45. The summed E-state index contributed by atoms with van der Waals surface area (Å²) in [6.45, 7) is 0. The SMILES string of the molecule is Nc1cc(CC2CCCS2)on1. The highest BCUT2D eigenvalue weighted by Gasteiger charge is 2.17. The van der Waals surface area contributed by atoms with E-state index in [0.717, 1.165) is 17.4 Å². The van der Waals surface area contributed by atoms with Crippen LogP contribution in [-0.2, 0) is 6.42 Å². The van der Waals surface area contributed by atoms with Gasteiger partial charge in [0, 0.05) is 17.7 Å². The molecule has 4 heteroatoms. The van der Waals surface area contributed by atoms with Crippen LogP contribution in [0.15, 0.2) is 10.6 Å². The summed E-state index contributed by atoms with van der Waals surface area (Å²) in [5, 5.41) is 4.37. The summed E-state index contributed by atoms with van der Waals surface area (Å²) < 4.78 is 5.04. The normalized spacial score (nSPS) is 23.2. The number of nitrogens with two attached hydrogens (primary N) is 1. The minimum Gasteiger partial charge on any atom is -0.381 e. The van der Waals surface area contributed by atoms with Crippen LogP contribution in [0.4, 0.5) is 5.82 Å². The molecule has 1 atom stereocenters. The number of rotatable bonds is 2. The van der Waals surface area contributed by atoms with Gasteiger partial charge in [-0.2, -0.15) is 11.8 Å². The summed E-state index contributed by atoms with van der Waals surface area (Å²) >= 11 is 2.02. The van der Waals surface area contributed by atoms with Crippen molar-refractivity contribution in [2.75, 3.05) is 11.5 Å². The Labute approximate surface area is 75.7 Å². The van der Waals surface area contributed by atoms with Crippen LogP contribution < -0.4 is 5.73 Å². The van der Waals surface area contributed by atoms with Crippen molar-refractivity contribution in [3.63, 3.8) is 0 Å². The van der Waals surface area contributed by atoms with Crippen LogP contribution in [0.25, 0.3) is 0 Å². The first-order valence-electron chi connectivity index (χ1n) is 4.17. The van der Waals surface area contributed by atoms with Gasteiger partial charge in [-0.05, 0) is 18.6 Å². The van der Waals surface area contributed by atoms with Gasteiger partial charge in [-0.15, -0.1) is 0 Å². The van der Waals surface area contributed by atoms with Crippen molar-refractivity contribution < 1.29 is 4.52 Å². The minimum atomic E-state index is 0.494. The van der Waals surface area contributed by atoms with E-state index in [1.54, 1.807) is 0 Å². The third-order valence-electron chi connectivity index (χ3n) is 2.03. The van der Waals surface area contributed by atoms with E-state index in [0.29, 0.717) is 5.82 Å². The predicted molar refractivity (Wildman–Crippen MR) is 50.1 cm³/mol. The van der Waals surface area contributed by atoms with Gasteiger partial charge < -0.3 is 10.3 Å². The molecule has 0 amide bonds. The molecule has 0 aliphatic carbocycles. The van der Waals surface area contributed by atoms with Crippen LogP contribution in [0, 0.1) is 0 Å². The first-order chi connectivity index (χ1) is 5.84. The summed E-state index contributed by atoms with van der Waals surface area (Å²) in [5.74, 6) is 2.70. The van der Waals surface area contributed by atoms with Crippen LogP contribution in [0.2, 0.25) is 0 Å². The van der Waals surface area contributed by atoms with Gasteiger partial charge in [0.2, 0.25) is 0 Å². The van der Waals surface area contributed by atoms with E-state index in [-0.39, 0.29) is 0 Å². The highest BCUT2D eigenvalue weighted by Crippen LogP contribution is 2.29. The number of nitrogen functional groups attached to an aromatic ring is 1. The Morgan fingerprint density at radius 1 is 1.75 bits per heavy atom. The molecule has 0 saturated carbocycles. The molecule has 1 aliphatic rings. The van der Waals surface area contributed by atoms with E-state index in [4.69, 9.17) is 10.3 Å². The summed E-state index contributed by atoms with van der Waals surface area (Å²) in [5.41, 5.74) is 5.44. The van der Waals surface area contributed by atoms with Crippen LogP contribution >= 0.6 is 11.8 Å². The quantitative estimate of drug-likeness (QED) is 0.760. The Kier molecular flexibility index (Phi) is 2.26. The predicted octanol–water partition coefficient (Wildman–Crippen LogP) is 1.69. The lowest BCUT2D eigenvalue weighted by Gasteiger charge is -2.02. The standard InChI is InChI=1S/C8H12N2OS/c9-8-5-6(11-10-8)4-7-2-1-3-12-7/h5,7H,1-4H2,(H2,9,10). The van der Waals surface area contributed by atoms with Crippen molar-refractivity contribution in [3.8, 4) is 0 Å². The van der Waals surface area contributed by atoms with Crippen LogP contribution in [0.1, 0.15) is 18.6 Å². The van der Waals surface area contributed by atoms with Gasteiger partial charge in [-0.3, -0.25) is 0 Å². The fourth-order valence-corrected chi connectivity index (χ4v) is 2.74. The first kappa shape index (κ1) is 7.98. The first-order valence-corrected chi connectivity index (χ1v) is 5.22. The zero-order valence-corrected chi connectivity index (χ0v) is 7.64. The second-order valence-electron chi connectivity index (χ2n) is 3.06. The summed E-state index contributed by atoms with van der Waals surface area (Å²) in [4.78, 5) is 0. The molecule has 0 radical (unpaired) electrons. The zero-order chi connectivity index (χ0) is 8.39. The highest BCUT2D eigenvalue weighted by molar-refractivity contribution is 8.00. The Morgan fingerprint density at radius 3 is 3.25 bits per heavy atom. The number of hydrogen-bond donors (Lipinski definition) is 1. The zero-order valence-electron chi connectivity index (χ0n) is 6.82. The largest absolute Gasteiger partial charge is 0.381 e. The number of nitrogens with zero attached hydrogens (tertiary/aromatic N) is 1. The highest BCUT2D eigenvalue weighted by atomic mass is 32.2. The van der Waals surface area contributed by atoms with Crippen LogP contribution in [0.5, 0.6) is 0 Å². The number of thioether (sulfide) groups is 1. The molecule has 0 bridgehead atoms. The average molecular weight is 184 g/mol. The molecular weight excluding hydrogens is 172 g/mol. The molecule has 0 spiro atoms. The Bertz CT molecular complexity index is 255. The molecular formula is C8H12N2OS. The number of hydrogen-bond acceptors (Lipinski definition) is 4. The van der Waals surface area contributed by atoms with E-state index < -0.39 is 0 Å². The lowest BCUT2D eigenvalue weighted by atomic mass is 10.2. The maximum absolute atomic E-state index is 5.44. The van der Waals surface area contributed by atoms with Gasteiger partial charge >= 0.3 is 0 Å². The second kappa shape index (κ2) is 3.39. The third-order valence-corrected chi connectivity index (χ3v) is 3.43. The molecule has 1 saturated heterocycles. The van der Waals surface area contributed by atoms with Crippen molar-refractivity contribution in [3.05, 3.63) is 11.8 Å². The molecule has 1 unspecified atom stereocenters. The molecule has 1 aromatic rings. The van der Waals surface area contributed by atoms with Crippen LogP contribution in [-0.4, -0.2) is 16.2 Å². The molecule has 1 fully saturated rings. The van der Waals surface area contributed by atoms with E-state index >= 15 is 0 Å². The Hall–Kier alpha value is -0.640. The molecule has 2 N–H and O–H groups in total. The lowest BCUT2D eigenvalue weighted by molar-refractivity contribution is 0.384. The van der Waals surface area contributed by atoms with Gasteiger partial charge in [-0.25, -0.2) is 0 Å². The summed E-state index contributed by atoms with van der Waals surface area (Å²) in [6, 6.07) is 1.82. The van der Waals surface area contributed by atoms with E-state index in [1.165, 1.54) is 18.6 Å². The van der Waals surface area contributed by atoms with Gasteiger partial charge in [0.05, 0.1) is 0 Å². The Balaban J connectivity index is 1.94. The monoisotopic (exact) mass is 184 g/mol. The van der Waals surface area contributed by atoms with Gasteiger partial charge in [0.15, 0.2) is 5.82 Å². The third kappa shape index (κ3) is 1.75. The molecule has 1 aliphatic heterocycles. The second-order valence-corrected chi connectivity index (χ2v) is 4.47. The summed E-state index contributed by atoms with van der Waals surface area (Å²) in [7, 11) is 0. The molecule has 12 heavy (non-hydrogen) atoms. The van der Waals surface area contributed by atoms with Crippen molar-refractivity contribution in [2.24, 2.45) is 0 Å². The molecule has 1 aromatic heterocycles. The molecule has 2 rings (SSSR count). The van der Waals surface area contributed by atoms with Crippen LogP contribution in [0.3, 0.4) is 0 Å². The van der Waals surface area contributed by atoms with Crippen molar-refractivity contribution in [1.29, 1.82) is 0 Å². The topological polar surface area (TPSA) is 52.0 Å². The van der Waals surface area contributed by atoms with Gasteiger partial charge in [0.25, 0.3) is 0 Å². The smallest absolute Gasteiger partial charge is 0.167 e. The van der Waals surface area contributed by atoms with Crippen molar-refractivity contribution >= 4 is 17.6 Å². The maximum Gasteiger partial charge on any atom is 0.167 e. The number of anilines is 1. The Morgan fingerprint density at radius 2 is 2.67 bits per heavy atom. The van der Waals surface area contributed by atoms with Crippen molar-refractivity contribution in [2.45, 2.75) is 24.5 Å². The molecule has 0 aromatic carbocycles. The molecule has 66 valence electrons. The molecule has 2 heterocycles. The van der Waals surface area contributed by atoms with Crippen molar-refractivity contribution in [1.82, 2.24) is 5.16 Å². The van der Waals surface area contributed by atoms with Gasteiger partial charge in [0.1, 0.15) is 5.76 Å². The maximum atomic E-state index is 5.44. The minimum absolute atomic E-state index is 0.494. The average Bonchev–Trinajstić information content (AvgIpc) is 2.63. The van der Waals surface area contributed by atoms with E-state index in [9.17, 15) is 0 Å². The lowest BCUT2D eigenvalue weighted by Crippen LogP contribution is -2.00. The van der Waals surface area contributed by atoms with E-state index in [1.807, 2.05) is 17.8 Å². The molecule has 3 nitrogen and oxygen atoms in total. The van der Waals surface area contributed by atoms with E-state index in [2.05, 4.69) is 5.16 Å². The van der Waals surface area contributed by atoms with Gasteiger partial charge in [-0.1, -0.05) is 5.16 Å². The fraction of sp³-hybridized carbons (Fsp3) is 0.625. The number of aromatic nitrogens is 1. The summed E-state index contributed by atoms with van der Waals surface area (Å²) in [6.07, 6.45) is 3.61.